The molecule has 0 radical (unpaired) electrons. The van der Waals surface area contributed by atoms with Crippen LogP contribution in [-0.2, 0) is 0 Å². The van der Waals surface area contributed by atoms with Gasteiger partial charge in [0.1, 0.15) is 34.7 Å². The fourth-order valence-corrected chi connectivity index (χ4v) is 5.78. The predicted octanol–water partition coefficient (Wildman–Crippen LogP) is 5.87. The van der Waals surface area contributed by atoms with Crippen molar-refractivity contribution in [3.63, 3.8) is 0 Å². The molecule has 0 saturated heterocycles. The molecular formula is C26H33ClF2N6O. The van der Waals surface area contributed by atoms with Gasteiger partial charge in [-0.25, -0.2) is 8.78 Å². The van der Waals surface area contributed by atoms with Crippen LogP contribution in [0.4, 0.5) is 14.6 Å². The lowest BCUT2D eigenvalue weighted by atomic mass is 9.58. The molecule has 2 aromatic heterocycles. The number of rotatable bonds is 7. The number of nitrogens with zero attached hydrogens (tertiary/aromatic N) is 4. The van der Waals surface area contributed by atoms with Crippen molar-refractivity contribution in [1.29, 1.82) is 0 Å². The van der Waals surface area contributed by atoms with Crippen LogP contribution in [0.15, 0.2) is 18.5 Å². The number of nitrogens with one attached hydrogen (secondary N) is 2. The summed E-state index contributed by atoms with van der Waals surface area (Å²) in [5, 5.41) is 10.8. The van der Waals surface area contributed by atoms with E-state index in [9.17, 15) is 0 Å². The highest BCUT2D eigenvalue weighted by molar-refractivity contribution is 6.33. The lowest BCUT2D eigenvalue weighted by Gasteiger charge is -2.51. The van der Waals surface area contributed by atoms with Crippen molar-refractivity contribution in [3.05, 3.63) is 35.2 Å². The molecule has 2 aliphatic rings. The summed E-state index contributed by atoms with van der Waals surface area (Å²) in [7, 11) is 2.01. The van der Waals surface area contributed by atoms with E-state index >= 15 is 8.78 Å². The molecule has 1 spiro atoms. The van der Waals surface area contributed by atoms with E-state index < -0.39 is 11.6 Å². The number of hydrogen-bond acceptors (Lipinski definition) is 6. The zero-order chi connectivity index (χ0) is 25.6. The zero-order valence-corrected chi connectivity index (χ0v) is 21.9. The van der Waals surface area contributed by atoms with Gasteiger partial charge in [-0.1, -0.05) is 25.4 Å². The van der Waals surface area contributed by atoms with Crippen LogP contribution in [0.2, 0.25) is 5.15 Å². The Kier molecular flexibility index (Phi) is 6.80. The molecular weight excluding hydrogens is 486 g/mol. The Morgan fingerprint density at radius 1 is 1.11 bits per heavy atom. The summed E-state index contributed by atoms with van der Waals surface area (Å²) in [6.45, 7) is 6.07. The second kappa shape index (κ2) is 9.74. The maximum atomic E-state index is 15.5. The highest BCUT2D eigenvalue weighted by Gasteiger charge is 2.47. The summed E-state index contributed by atoms with van der Waals surface area (Å²) in [6.07, 6.45) is 7.82. The van der Waals surface area contributed by atoms with Gasteiger partial charge in [0.15, 0.2) is 0 Å². The van der Waals surface area contributed by atoms with Crippen LogP contribution < -0.4 is 15.4 Å². The highest BCUT2D eigenvalue weighted by Crippen LogP contribution is 2.53. The number of hydrogen-bond donors (Lipinski definition) is 2. The molecule has 0 unspecified atom stereocenters. The molecule has 2 fully saturated rings. The minimum Gasteiger partial charge on any atom is -0.490 e. The highest BCUT2D eigenvalue weighted by atomic mass is 35.5. The van der Waals surface area contributed by atoms with Crippen LogP contribution in [0.3, 0.4) is 0 Å². The van der Waals surface area contributed by atoms with Crippen LogP contribution >= 0.6 is 11.6 Å². The van der Waals surface area contributed by atoms with Crippen LogP contribution in [0.1, 0.15) is 59.3 Å². The number of anilines is 1. The number of benzene rings is 1. The molecule has 5 rings (SSSR count). The molecule has 2 N–H and O–H groups in total. The number of aromatic nitrogens is 4. The molecule has 0 bridgehead atoms. The second-order valence-corrected chi connectivity index (χ2v) is 11.1. The molecule has 2 saturated carbocycles. The molecule has 194 valence electrons. The minimum absolute atomic E-state index is 0.0262. The number of fused-ring (bicyclic) bond motifs is 1. The van der Waals surface area contributed by atoms with Gasteiger partial charge in [-0.3, -0.25) is 0 Å². The third kappa shape index (κ3) is 4.63. The van der Waals surface area contributed by atoms with Crippen molar-refractivity contribution in [2.45, 2.75) is 77.5 Å². The van der Waals surface area contributed by atoms with Crippen LogP contribution in [0, 0.1) is 23.0 Å². The largest absolute Gasteiger partial charge is 0.490 e. The van der Waals surface area contributed by atoms with E-state index in [1.54, 1.807) is 0 Å². The molecule has 0 aliphatic heterocycles. The van der Waals surface area contributed by atoms with Gasteiger partial charge in [-0.15, -0.1) is 0 Å². The van der Waals surface area contributed by atoms with Gasteiger partial charge in [-0.2, -0.15) is 19.6 Å². The molecule has 0 amide bonds. The van der Waals surface area contributed by atoms with Crippen LogP contribution in [0.25, 0.3) is 16.9 Å². The molecule has 1 aromatic carbocycles. The van der Waals surface area contributed by atoms with Gasteiger partial charge in [-0.05, 0) is 63.8 Å². The zero-order valence-electron chi connectivity index (χ0n) is 21.1. The van der Waals surface area contributed by atoms with Gasteiger partial charge >= 0.3 is 0 Å². The molecule has 7 nitrogen and oxygen atoms in total. The molecule has 2 heterocycles. The van der Waals surface area contributed by atoms with Gasteiger partial charge in [0.25, 0.3) is 5.78 Å². The normalized spacial score (nSPS) is 24.8. The van der Waals surface area contributed by atoms with Crippen LogP contribution in [-0.4, -0.2) is 44.8 Å². The Bertz CT molecular complexity index is 1230. The van der Waals surface area contributed by atoms with E-state index in [0.717, 1.165) is 25.7 Å². The first kappa shape index (κ1) is 25.1. The summed E-state index contributed by atoms with van der Waals surface area (Å²) in [4.78, 5) is 8.29. The average molecular weight is 519 g/mol. The third-order valence-electron chi connectivity index (χ3n) is 8.09. The first-order valence-corrected chi connectivity index (χ1v) is 13.1. The fraction of sp³-hybridized carbons (Fsp3) is 0.577. The van der Waals surface area contributed by atoms with Crippen molar-refractivity contribution in [2.75, 3.05) is 12.4 Å². The number of halogens is 3. The summed E-state index contributed by atoms with van der Waals surface area (Å²) >= 11 is 6.46. The van der Waals surface area contributed by atoms with Gasteiger partial charge < -0.3 is 15.4 Å². The molecule has 10 heteroatoms. The minimum atomic E-state index is -0.767. The van der Waals surface area contributed by atoms with E-state index in [-0.39, 0.29) is 45.9 Å². The Morgan fingerprint density at radius 2 is 1.78 bits per heavy atom. The van der Waals surface area contributed by atoms with Gasteiger partial charge in [0.2, 0.25) is 0 Å². The quantitative estimate of drug-likeness (QED) is 0.381. The van der Waals surface area contributed by atoms with E-state index in [0.29, 0.717) is 17.3 Å². The molecule has 1 atom stereocenters. The molecule has 36 heavy (non-hydrogen) atoms. The summed E-state index contributed by atoms with van der Waals surface area (Å²) in [5.74, 6) is -0.519. The standard InChI is InChI=1S/C26H33ClF2N6O/c1-14(2)15(3)33-24-22(23(27)34-25-31-13-32-35(24)25)21-19(28)9-17(10-20(21)29)36-18-11-26(12-18)7-5-16(30-4)6-8-26/h9-10,13-16,18,30,33H,5-8,11-12H2,1-4H3/t15-,16?,18?,26?/m1/s1. The van der Waals surface area contributed by atoms with Gasteiger partial charge in [0, 0.05) is 24.2 Å². The first-order valence-electron chi connectivity index (χ1n) is 12.7. The molecule has 3 aromatic rings. The summed E-state index contributed by atoms with van der Waals surface area (Å²) < 4.78 is 38.4. The lowest BCUT2D eigenvalue weighted by Crippen LogP contribution is -2.48. The van der Waals surface area contributed by atoms with Crippen molar-refractivity contribution in [2.24, 2.45) is 11.3 Å². The lowest BCUT2D eigenvalue weighted by molar-refractivity contribution is -0.0438. The monoisotopic (exact) mass is 518 g/mol. The van der Waals surface area contributed by atoms with Crippen molar-refractivity contribution >= 4 is 23.2 Å². The maximum Gasteiger partial charge on any atom is 0.255 e. The third-order valence-corrected chi connectivity index (χ3v) is 8.36. The predicted molar refractivity (Wildman–Crippen MR) is 136 cm³/mol. The number of ether oxygens (including phenoxy) is 1. The van der Waals surface area contributed by atoms with Crippen molar-refractivity contribution in [1.82, 2.24) is 24.9 Å². The van der Waals surface area contributed by atoms with E-state index in [4.69, 9.17) is 16.3 Å². The summed E-state index contributed by atoms with van der Waals surface area (Å²) in [6, 6.07) is 3.03. The van der Waals surface area contributed by atoms with E-state index in [1.807, 2.05) is 27.8 Å². The van der Waals surface area contributed by atoms with Gasteiger partial charge in [0.05, 0.1) is 17.2 Å². The topological polar surface area (TPSA) is 76.4 Å². The first-order chi connectivity index (χ1) is 17.2. The SMILES string of the molecule is CNC1CCC2(CC1)CC(Oc1cc(F)c(-c3c(Cl)nc4ncnn4c3N[C@H](C)C(C)C)c(F)c1)C2. The van der Waals surface area contributed by atoms with E-state index in [1.165, 1.54) is 35.8 Å². The Labute approximate surface area is 215 Å². The molecule has 2 aliphatic carbocycles. The average Bonchev–Trinajstić information content (AvgIpc) is 3.27. The van der Waals surface area contributed by atoms with Crippen molar-refractivity contribution < 1.29 is 13.5 Å². The Morgan fingerprint density at radius 3 is 2.39 bits per heavy atom. The second-order valence-electron chi connectivity index (χ2n) is 10.7. The van der Waals surface area contributed by atoms with Crippen LogP contribution in [0.5, 0.6) is 5.75 Å². The smallest absolute Gasteiger partial charge is 0.255 e. The Balaban J connectivity index is 1.41. The van der Waals surface area contributed by atoms with E-state index in [2.05, 4.69) is 25.7 Å². The summed E-state index contributed by atoms with van der Waals surface area (Å²) in [5.41, 5.74) is 0.147. The maximum absolute atomic E-state index is 15.5. The Hall–Kier alpha value is -2.52. The fourth-order valence-electron chi connectivity index (χ4n) is 5.52. The van der Waals surface area contributed by atoms with Crippen molar-refractivity contribution in [3.8, 4) is 16.9 Å².